The lowest BCUT2D eigenvalue weighted by molar-refractivity contribution is 0.0374. The van der Waals surface area contributed by atoms with Gasteiger partial charge in [0.2, 0.25) is 0 Å². The van der Waals surface area contributed by atoms with Gasteiger partial charge in [0.1, 0.15) is 11.4 Å². The maximum absolute atomic E-state index is 13.3. The number of aromatic nitrogens is 1. The molecule has 1 saturated heterocycles. The fraction of sp³-hybridized carbons (Fsp3) is 0.478. The number of hydrogen-bond acceptors (Lipinski definition) is 4. The summed E-state index contributed by atoms with van der Waals surface area (Å²) in [5.74, 6) is -0.688. The van der Waals surface area contributed by atoms with Crippen molar-refractivity contribution >= 4 is 5.91 Å². The molecule has 0 bridgehead atoms. The van der Waals surface area contributed by atoms with Crippen LogP contribution in [0, 0.1) is 5.82 Å². The predicted molar refractivity (Wildman–Crippen MR) is 115 cm³/mol. The van der Waals surface area contributed by atoms with Gasteiger partial charge in [-0.1, -0.05) is 25.5 Å². The second-order valence-corrected chi connectivity index (χ2v) is 7.56. The van der Waals surface area contributed by atoms with Gasteiger partial charge in [0.05, 0.1) is 13.2 Å². The van der Waals surface area contributed by atoms with Crippen molar-refractivity contribution in [2.45, 2.75) is 32.7 Å². The summed E-state index contributed by atoms with van der Waals surface area (Å²) in [5.41, 5.74) is 1.33. The highest BCUT2D eigenvalue weighted by Crippen LogP contribution is 2.20. The lowest BCUT2D eigenvalue weighted by Gasteiger charge is -2.26. The fourth-order valence-corrected chi connectivity index (χ4v) is 3.52. The van der Waals surface area contributed by atoms with Gasteiger partial charge >= 0.3 is 0 Å². The lowest BCUT2D eigenvalue weighted by atomic mass is 10.0. The van der Waals surface area contributed by atoms with Crippen LogP contribution in [-0.4, -0.2) is 54.8 Å². The molecule has 1 aliphatic heterocycles. The molecule has 1 aliphatic rings. The molecule has 3 rings (SSSR count). The Kier molecular flexibility index (Phi) is 8.16. The second-order valence-electron chi connectivity index (χ2n) is 7.56. The third kappa shape index (κ3) is 6.00. The monoisotopic (exact) mass is 415 g/mol. The highest BCUT2D eigenvalue weighted by atomic mass is 19.1. The van der Waals surface area contributed by atoms with E-state index in [1.807, 2.05) is 0 Å². The molecule has 30 heavy (non-hydrogen) atoms. The van der Waals surface area contributed by atoms with Crippen LogP contribution in [-0.2, 0) is 11.3 Å². The molecule has 6 nitrogen and oxygen atoms in total. The Bertz CT molecular complexity index is 890. The van der Waals surface area contributed by atoms with E-state index in [1.165, 1.54) is 12.1 Å². The molecule has 0 radical (unpaired) electrons. The molecule has 1 aromatic heterocycles. The molecule has 7 heteroatoms. The molecule has 1 N–H and O–H groups in total. The van der Waals surface area contributed by atoms with Crippen LogP contribution in [0.3, 0.4) is 0 Å². The van der Waals surface area contributed by atoms with Crippen LogP contribution in [0.25, 0.3) is 11.1 Å². The Hall–Kier alpha value is -2.51. The molecule has 1 amide bonds. The van der Waals surface area contributed by atoms with Crippen molar-refractivity contribution in [2.75, 3.05) is 39.4 Å². The number of unbranched alkanes of at least 4 members (excludes halogenated alkanes) is 1. The molecule has 0 aliphatic carbocycles. The van der Waals surface area contributed by atoms with Crippen molar-refractivity contribution in [2.24, 2.45) is 0 Å². The van der Waals surface area contributed by atoms with E-state index in [9.17, 15) is 14.0 Å². The minimum Gasteiger partial charge on any atom is -0.379 e. The third-order valence-corrected chi connectivity index (χ3v) is 5.30. The van der Waals surface area contributed by atoms with Crippen LogP contribution < -0.4 is 10.9 Å². The number of halogens is 1. The van der Waals surface area contributed by atoms with E-state index in [1.54, 1.807) is 29.0 Å². The van der Waals surface area contributed by atoms with E-state index in [0.29, 0.717) is 13.1 Å². The zero-order valence-corrected chi connectivity index (χ0v) is 17.5. The number of aryl methyl sites for hydroxylation is 1. The highest BCUT2D eigenvalue weighted by molar-refractivity contribution is 5.95. The second kappa shape index (κ2) is 11.0. The average Bonchev–Trinajstić information content (AvgIpc) is 2.77. The Morgan fingerprint density at radius 2 is 1.83 bits per heavy atom. The Morgan fingerprint density at radius 1 is 1.10 bits per heavy atom. The van der Waals surface area contributed by atoms with E-state index >= 15 is 0 Å². The molecular formula is C23H30FN3O3. The van der Waals surface area contributed by atoms with Crippen molar-refractivity contribution in [1.82, 2.24) is 14.8 Å². The van der Waals surface area contributed by atoms with Crippen molar-refractivity contribution in [3.8, 4) is 11.1 Å². The van der Waals surface area contributed by atoms with Gasteiger partial charge in [-0.2, -0.15) is 0 Å². The number of nitrogens with zero attached hydrogens (tertiary/aromatic N) is 2. The number of ether oxygens (including phenoxy) is 1. The van der Waals surface area contributed by atoms with Crippen LogP contribution >= 0.6 is 0 Å². The van der Waals surface area contributed by atoms with E-state index in [4.69, 9.17) is 4.74 Å². The lowest BCUT2D eigenvalue weighted by Crippen LogP contribution is -2.38. The molecule has 0 spiro atoms. The van der Waals surface area contributed by atoms with Gasteiger partial charge in [-0.3, -0.25) is 14.5 Å². The number of rotatable bonds is 9. The van der Waals surface area contributed by atoms with Crippen LogP contribution in [0.2, 0.25) is 0 Å². The van der Waals surface area contributed by atoms with Crippen LogP contribution in [0.1, 0.15) is 36.5 Å². The summed E-state index contributed by atoms with van der Waals surface area (Å²) in [5, 5.41) is 2.88. The summed E-state index contributed by atoms with van der Waals surface area (Å²) >= 11 is 0. The number of hydrogen-bond donors (Lipinski definition) is 1. The SMILES string of the molecule is CCCCn1cc(-c2ccc(F)cc2)cc(C(=O)NCCCN2CCOCC2)c1=O. The zero-order chi connectivity index (χ0) is 21.3. The highest BCUT2D eigenvalue weighted by Gasteiger charge is 2.16. The summed E-state index contributed by atoms with van der Waals surface area (Å²) in [7, 11) is 0. The summed E-state index contributed by atoms with van der Waals surface area (Å²) in [4.78, 5) is 27.9. The predicted octanol–water partition coefficient (Wildman–Crippen LogP) is 2.91. The largest absolute Gasteiger partial charge is 0.379 e. The minimum atomic E-state index is -0.365. The van der Waals surface area contributed by atoms with Crippen molar-refractivity contribution in [1.29, 1.82) is 0 Å². The molecule has 162 valence electrons. The molecule has 2 aromatic rings. The van der Waals surface area contributed by atoms with E-state index in [2.05, 4.69) is 17.1 Å². The Morgan fingerprint density at radius 3 is 2.53 bits per heavy atom. The number of benzene rings is 1. The maximum Gasteiger partial charge on any atom is 0.263 e. The first-order valence-electron chi connectivity index (χ1n) is 10.7. The number of pyridine rings is 1. The van der Waals surface area contributed by atoms with Crippen LogP contribution in [0.5, 0.6) is 0 Å². The van der Waals surface area contributed by atoms with E-state index < -0.39 is 0 Å². The van der Waals surface area contributed by atoms with Gasteiger partial charge in [0.15, 0.2) is 0 Å². The first kappa shape index (κ1) is 22.2. The minimum absolute atomic E-state index is 0.124. The van der Waals surface area contributed by atoms with Gasteiger partial charge in [-0.05, 0) is 48.7 Å². The third-order valence-electron chi connectivity index (χ3n) is 5.30. The van der Waals surface area contributed by atoms with Crippen molar-refractivity contribution < 1.29 is 13.9 Å². The number of nitrogens with one attached hydrogen (secondary N) is 1. The summed E-state index contributed by atoms with van der Waals surface area (Å²) in [6.07, 6.45) is 4.34. The molecule has 1 fully saturated rings. The van der Waals surface area contributed by atoms with Gasteiger partial charge in [0, 0.05) is 32.4 Å². The Labute approximate surface area is 176 Å². The van der Waals surface area contributed by atoms with Gasteiger partial charge in [0.25, 0.3) is 11.5 Å². The molecule has 0 atom stereocenters. The quantitative estimate of drug-likeness (QED) is 0.640. The first-order chi connectivity index (χ1) is 14.6. The van der Waals surface area contributed by atoms with E-state index in [0.717, 1.165) is 63.2 Å². The molecule has 0 saturated carbocycles. The normalized spacial score (nSPS) is 14.6. The molecule has 2 heterocycles. The average molecular weight is 416 g/mol. The van der Waals surface area contributed by atoms with Crippen molar-refractivity contribution in [3.05, 3.63) is 58.3 Å². The molecular weight excluding hydrogens is 385 g/mol. The van der Waals surface area contributed by atoms with Gasteiger partial charge < -0.3 is 14.6 Å². The number of carbonyl (C=O) groups excluding carboxylic acids is 1. The molecule has 1 aromatic carbocycles. The van der Waals surface area contributed by atoms with Crippen LogP contribution in [0.4, 0.5) is 4.39 Å². The smallest absolute Gasteiger partial charge is 0.263 e. The maximum atomic E-state index is 13.3. The summed E-state index contributed by atoms with van der Waals surface area (Å²) in [6.45, 7) is 7.31. The number of carbonyl (C=O) groups is 1. The van der Waals surface area contributed by atoms with Crippen molar-refractivity contribution in [3.63, 3.8) is 0 Å². The Balaban J connectivity index is 1.72. The van der Waals surface area contributed by atoms with Crippen LogP contribution in [0.15, 0.2) is 41.3 Å². The summed E-state index contributed by atoms with van der Waals surface area (Å²) in [6, 6.07) is 7.67. The number of morpholine rings is 1. The summed E-state index contributed by atoms with van der Waals surface area (Å²) < 4.78 is 20.2. The first-order valence-corrected chi connectivity index (χ1v) is 10.7. The molecule has 0 unspecified atom stereocenters. The fourth-order valence-electron chi connectivity index (χ4n) is 3.52. The number of amides is 1. The van der Waals surface area contributed by atoms with E-state index in [-0.39, 0.29) is 22.8 Å². The zero-order valence-electron chi connectivity index (χ0n) is 17.5. The van der Waals surface area contributed by atoms with Gasteiger partial charge in [-0.15, -0.1) is 0 Å². The van der Waals surface area contributed by atoms with Gasteiger partial charge in [-0.25, -0.2) is 4.39 Å². The topological polar surface area (TPSA) is 63.6 Å². The standard InChI is InChI=1S/C23H30FN3O3/c1-2-3-11-27-17-19(18-5-7-20(24)8-6-18)16-21(23(27)29)22(28)25-9-4-10-26-12-14-30-15-13-26/h5-8,16-17H,2-4,9-15H2,1H3,(H,25,28).